The molecule has 0 aliphatic carbocycles. The molecule has 0 bridgehead atoms. The zero-order valence-corrected chi connectivity index (χ0v) is 10.3. The molecule has 2 aromatic rings. The second-order valence-electron chi connectivity index (χ2n) is 3.97. The van der Waals surface area contributed by atoms with Gasteiger partial charge in [0.1, 0.15) is 6.61 Å². The van der Waals surface area contributed by atoms with E-state index in [2.05, 4.69) is 0 Å². The number of fused-ring (bicyclic) bond motifs is 1. The highest BCUT2D eigenvalue weighted by Gasteiger charge is 2.37. The monoisotopic (exact) mass is 273 g/mol. The maximum atomic E-state index is 13.4. The summed E-state index contributed by atoms with van der Waals surface area (Å²) in [6.45, 7) is -1.25. The summed E-state index contributed by atoms with van der Waals surface area (Å²) in [7, 11) is 0. The molecule has 3 N–H and O–H groups in total. The minimum Gasteiger partial charge on any atom is -0.390 e. The van der Waals surface area contributed by atoms with Crippen molar-refractivity contribution in [2.75, 3.05) is 6.61 Å². The molecule has 0 aliphatic rings. The van der Waals surface area contributed by atoms with E-state index >= 15 is 0 Å². The topological polar surface area (TPSA) is 46.2 Å². The van der Waals surface area contributed by atoms with Crippen molar-refractivity contribution in [2.45, 2.75) is 12.0 Å². The van der Waals surface area contributed by atoms with Gasteiger partial charge >= 0.3 is 0 Å². The van der Waals surface area contributed by atoms with Crippen molar-refractivity contribution >= 4 is 23.2 Å². The van der Waals surface area contributed by atoms with Crippen LogP contribution in [0.5, 0.6) is 0 Å². The van der Waals surface area contributed by atoms with Crippen molar-refractivity contribution < 1.29 is 13.9 Å². The Bertz CT molecular complexity index is 528. The largest absolute Gasteiger partial charge is 0.390 e. The van der Waals surface area contributed by atoms with E-state index in [9.17, 15) is 8.78 Å². The molecule has 0 amide bonds. The summed E-state index contributed by atoms with van der Waals surface area (Å²) in [4.78, 5) is 0. The molecule has 0 heterocycles. The zero-order chi connectivity index (χ0) is 12.5. The molecule has 2 nitrogen and oxygen atoms in total. The Morgan fingerprint density at radius 2 is 1.72 bits per heavy atom. The van der Waals surface area contributed by atoms with Crippen LogP contribution in [-0.4, -0.2) is 17.6 Å². The van der Waals surface area contributed by atoms with E-state index in [0.29, 0.717) is 10.9 Å². The number of rotatable bonds is 3. The van der Waals surface area contributed by atoms with Gasteiger partial charge in [0.2, 0.25) is 0 Å². The standard InChI is InChI=1S/C13H13F2NO.ClH/c14-13(15,8-17)12(16)11-7-3-5-9-4-1-2-6-10(9)11;/h1-7,12,17H,8,16H2;1H/t12-;/m0./s1. The molecule has 0 saturated carbocycles. The summed E-state index contributed by atoms with van der Waals surface area (Å²) in [5.41, 5.74) is 5.89. The van der Waals surface area contributed by atoms with Crippen LogP contribution in [0, 0.1) is 0 Å². The van der Waals surface area contributed by atoms with Crippen molar-refractivity contribution in [2.24, 2.45) is 5.73 Å². The summed E-state index contributed by atoms with van der Waals surface area (Å²) in [6.07, 6.45) is 0. The molecular weight excluding hydrogens is 260 g/mol. The first-order chi connectivity index (χ1) is 8.06. The Balaban J connectivity index is 0.00000162. The Morgan fingerprint density at radius 3 is 2.39 bits per heavy atom. The highest BCUT2D eigenvalue weighted by molar-refractivity contribution is 5.86. The lowest BCUT2D eigenvalue weighted by molar-refractivity contribution is -0.0708. The third-order valence-electron chi connectivity index (χ3n) is 2.82. The van der Waals surface area contributed by atoms with Crippen molar-refractivity contribution in [1.29, 1.82) is 0 Å². The van der Waals surface area contributed by atoms with Crippen molar-refractivity contribution in [3.8, 4) is 0 Å². The second kappa shape index (κ2) is 5.61. The summed E-state index contributed by atoms with van der Waals surface area (Å²) in [6, 6.07) is 10.8. The summed E-state index contributed by atoms with van der Waals surface area (Å²) in [5.74, 6) is -3.32. The number of nitrogens with two attached hydrogens (primary N) is 1. The van der Waals surface area contributed by atoms with Crippen LogP contribution in [0.1, 0.15) is 11.6 Å². The van der Waals surface area contributed by atoms with E-state index in [1.54, 1.807) is 24.3 Å². The summed E-state index contributed by atoms with van der Waals surface area (Å²) in [5, 5.41) is 10.2. The lowest BCUT2D eigenvalue weighted by atomic mass is 9.95. The molecular formula is C13H14ClF2NO. The molecule has 0 aromatic heterocycles. The van der Waals surface area contributed by atoms with E-state index in [0.717, 1.165) is 5.39 Å². The Morgan fingerprint density at radius 1 is 1.11 bits per heavy atom. The van der Waals surface area contributed by atoms with Gasteiger partial charge < -0.3 is 10.8 Å². The van der Waals surface area contributed by atoms with Crippen molar-refractivity contribution in [3.63, 3.8) is 0 Å². The molecule has 1 atom stereocenters. The van der Waals surface area contributed by atoms with Gasteiger partial charge in [-0.3, -0.25) is 0 Å². The fraction of sp³-hybridized carbons (Fsp3) is 0.231. The maximum Gasteiger partial charge on any atom is 0.289 e. The molecule has 18 heavy (non-hydrogen) atoms. The van der Waals surface area contributed by atoms with Gasteiger partial charge in [-0.05, 0) is 16.3 Å². The quantitative estimate of drug-likeness (QED) is 0.903. The van der Waals surface area contributed by atoms with Crippen LogP contribution in [0.15, 0.2) is 42.5 Å². The van der Waals surface area contributed by atoms with Crippen LogP contribution in [-0.2, 0) is 0 Å². The molecule has 0 aliphatic heterocycles. The van der Waals surface area contributed by atoms with Gasteiger partial charge in [0.25, 0.3) is 5.92 Å². The molecule has 98 valence electrons. The fourth-order valence-electron chi connectivity index (χ4n) is 1.85. The van der Waals surface area contributed by atoms with E-state index in [4.69, 9.17) is 10.8 Å². The van der Waals surface area contributed by atoms with E-state index < -0.39 is 18.6 Å². The number of benzene rings is 2. The van der Waals surface area contributed by atoms with E-state index in [-0.39, 0.29) is 12.4 Å². The maximum absolute atomic E-state index is 13.4. The first-order valence-electron chi connectivity index (χ1n) is 5.28. The normalized spacial score (nSPS) is 13.1. The van der Waals surface area contributed by atoms with Crippen LogP contribution in [0.2, 0.25) is 0 Å². The fourth-order valence-corrected chi connectivity index (χ4v) is 1.85. The first kappa shape index (κ1) is 14.8. The van der Waals surface area contributed by atoms with Crippen LogP contribution in [0.3, 0.4) is 0 Å². The average molecular weight is 274 g/mol. The lowest BCUT2D eigenvalue weighted by Gasteiger charge is -2.22. The van der Waals surface area contributed by atoms with Gasteiger partial charge in [-0.2, -0.15) is 0 Å². The third kappa shape index (κ3) is 2.61. The van der Waals surface area contributed by atoms with Crippen LogP contribution >= 0.6 is 12.4 Å². The van der Waals surface area contributed by atoms with Gasteiger partial charge in [-0.1, -0.05) is 42.5 Å². The first-order valence-corrected chi connectivity index (χ1v) is 5.28. The van der Waals surface area contributed by atoms with Crippen LogP contribution in [0.4, 0.5) is 8.78 Å². The summed E-state index contributed by atoms with van der Waals surface area (Å²) >= 11 is 0. The number of hydrogen-bond acceptors (Lipinski definition) is 2. The molecule has 5 heteroatoms. The number of alkyl halides is 2. The molecule has 2 aromatic carbocycles. The second-order valence-corrected chi connectivity index (χ2v) is 3.97. The minimum absolute atomic E-state index is 0. The Labute approximate surface area is 110 Å². The van der Waals surface area contributed by atoms with Gasteiger partial charge in [0.05, 0.1) is 6.04 Å². The Hall–Kier alpha value is -1.23. The van der Waals surface area contributed by atoms with Gasteiger partial charge in [0, 0.05) is 0 Å². The molecule has 0 unspecified atom stereocenters. The smallest absolute Gasteiger partial charge is 0.289 e. The highest BCUT2D eigenvalue weighted by atomic mass is 35.5. The Kier molecular flexibility index (Phi) is 4.62. The average Bonchev–Trinajstić information content (AvgIpc) is 2.37. The predicted molar refractivity (Wildman–Crippen MR) is 70.2 cm³/mol. The van der Waals surface area contributed by atoms with Crippen LogP contribution < -0.4 is 5.73 Å². The van der Waals surface area contributed by atoms with E-state index in [1.807, 2.05) is 18.2 Å². The molecule has 2 rings (SSSR count). The van der Waals surface area contributed by atoms with Gasteiger partial charge in [-0.15, -0.1) is 12.4 Å². The molecule has 0 fully saturated rings. The number of hydrogen-bond donors (Lipinski definition) is 2. The van der Waals surface area contributed by atoms with E-state index in [1.165, 1.54) is 0 Å². The number of halogens is 3. The summed E-state index contributed by atoms with van der Waals surface area (Å²) < 4.78 is 26.8. The number of aliphatic hydroxyl groups is 1. The minimum atomic E-state index is -3.32. The number of aliphatic hydroxyl groups excluding tert-OH is 1. The molecule has 0 saturated heterocycles. The lowest BCUT2D eigenvalue weighted by Crippen LogP contribution is -2.36. The highest BCUT2D eigenvalue weighted by Crippen LogP contribution is 2.32. The predicted octanol–water partition coefficient (Wildman–Crippen LogP) is 2.89. The van der Waals surface area contributed by atoms with Crippen molar-refractivity contribution in [3.05, 3.63) is 48.0 Å². The molecule has 0 spiro atoms. The van der Waals surface area contributed by atoms with Crippen LogP contribution in [0.25, 0.3) is 10.8 Å². The third-order valence-corrected chi connectivity index (χ3v) is 2.82. The zero-order valence-electron chi connectivity index (χ0n) is 9.51. The van der Waals surface area contributed by atoms with Gasteiger partial charge in [0.15, 0.2) is 0 Å². The molecule has 0 radical (unpaired) electrons. The SMILES string of the molecule is Cl.N[C@@H](c1cccc2ccccc12)C(F)(F)CO. The van der Waals surface area contributed by atoms with Gasteiger partial charge in [-0.25, -0.2) is 8.78 Å². The van der Waals surface area contributed by atoms with Crippen molar-refractivity contribution in [1.82, 2.24) is 0 Å².